The fourth-order valence-corrected chi connectivity index (χ4v) is 1.73. The molecule has 1 heterocycles. The third-order valence-electron chi connectivity index (χ3n) is 2.99. The molecule has 0 amide bonds. The molecule has 0 aromatic carbocycles. The van der Waals surface area contributed by atoms with Gasteiger partial charge in [0.15, 0.2) is 0 Å². The Kier molecular flexibility index (Phi) is 7.00. The van der Waals surface area contributed by atoms with Crippen LogP contribution in [-0.2, 0) is 10.9 Å². The molecule has 1 aromatic heterocycles. The molecule has 0 radical (unpaired) electrons. The minimum absolute atomic E-state index is 0.0113. The SMILES string of the molecule is CC(C)=CCC/C(C)=C/COC(=O)c1cccc(C(F)(F)F)n1. The van der Waals surface area contributed by atoms with Gasteiger partial charge in [0.25, 0.3) is 0 Å². The second-order valence-electron chi connectivity index (χ2n) is 5.37. The first-order chi connectivity index (χ1) is 10.7. The van der Waals surface area contributed by atoms with Crippen LogP contribution in [-0.4, -0.2) is 17.6 Å². The first-order valence-corrected chi connectivity index (χ1v) is 7.20. The molecule has 0 aliphatic carbocycles. The summed E-state index contributed by atoms with van der Waals surface area (Å²) in [6.45, 7) is 5.96. The molecule has 0 saturated heterocycles. The number of alkyl halides is 3. The van der Waals surface area contributed by atoms with Gasteiger partial charge in [-0.25, -0.2) is 9.78 Å². The summed E-state index contributed by atoms with van der Waals surface area (Å²) in [4.78, 5) is 15.0. The van der Waals surface area contributed by atoms with Crippen molar-refractivity contribution < 1.29 is 22.7 Å². The number of carbonyl (C=O) groups is 1. The van der Waals surface area contributed by atoms with Gasteiger partial charge in [0, 0.05) is 0 Å². The summed E-state index contributed by atoms with van der Waals surface area (Å²) in [5, 5.41) is 0. The van der Waals surface area contributed by atoms with Gasteiger partial charge in [-0.2, -0.15) is 13.2 Å². The van der Waals surface area contributed by atoms with Gasteiger partial charge in [0.05, 0.1) is 0 Å². The van der Waals surface area contributed by atoms with Gasteiger partial charge < -0.3 is 4.74 Å². The van der Waals surface area contributed by atoms with Crippen molar-refractivity contribution in [1.29, 1.82) is 0 Å². The summed E-state index contributed by atoms with van der Waals surface area (Å²) >= 11 is 0. The zero-order valence-electron chi connectivity index (χ0n) is 13.4. The van der Waals surface area contributed by atoms with Crippen molar-refractivity contribution in [3.63, 3.8) is 0 Å². The number of esters is 1. The molecular formula is C17H20F3NO2. The van der Waals surface area contributed by atoms with Gasteiger partial charge >= 0.3 is 12.1 Å². The number of hydrogen-bond acceptors (Lipinski definition) is 3. The van der Waals surface area contributed by atoms with Gasteiger partial charge in [0.1, 0.15) is 18.0 Å². The van der Waals surface area contributed by atoms with Crippen molar-refractivity contribution in [2.24, 2.45) is 0 Å². The Labute approximate surface area is 133 Å². The Morgan fingerprint density at radius 1 is 1.22 bits per heavy atom. The minimum atomic E-state index is -4.59. The zero-order chi connectivity index (χ0) is 17.5. The Bertz CT molecular complexity index is 600. The second-order valence-corrected chi connectivity index (χ2v) is 5.37. The van der Waals surface area contributed by atoms with Gasteiger partial charge in [-0.3, -0.25) is 0 Å². The van der Waals surface area contributed by atoms with E-state index in [0.29, 0.717) is 0 Å². The maximum Gasteiger partial charge on any atom is 0.433 e. The van der Waals surface area contributed by atoms with Gasteiger partial charge in [0.2, 0.25) is 0 Å². The monoisotopic (exact) mass is 327 g/mol. The highest BCUT2D eigenvalue weighted by molar-refractivity contribution is 5.87. The Balaban J connectivity index is 2.56. The van der Waals surface area contributed by atoms with E-state index in [2.05, 4.69) is 11.1 Å². The lowest BCUT2D eigenvalue weighted by atomic mass is 10.1. The molecule has 1 rings (SSSR count). The summed E-state index contributed by atoms with van der Waals surface area (Å²) in [6.07, 6.45) is 0.996. The minimum Gasteiger partial charge on any atom is -0.457 e. The van der Waals surface area contributed by atoms with Crippen LogP contribution < -0.4 is 0 Å². The van der Waals surface area contributed by atoms with E-state index in [9.17, 15) is 18.0 Å². The molecule has 1 aromatic rings. The topological polar surface area (TPSA) is 39.2 Å². The number of rotatable bonds is 6. The van der Waals surface area contributed by atoms with Crippen molar-refractivity contribution in [3.05, 3.63) is 52.9 Å². The molecule has 6 heteroatoms. The Morgan fingerprint density at radius 3 is 2.52 bits per heavy atom. The lowest BCUT2D eigenvalue weighted by molar-refractivity contribution is -0.141. The normalized spacial score (nSPS) is 12.0. The summed E-state index contributed by atoms with van der Waals surface area (Å²) in [5.74, 6) is -0.871. The molecule has 0 spiro atoms. The first kappa shape index (κ1) is 18.9. The molecule has 0 bridgehead atoms. The number of nitrogens with zero attached hydrogens (tertiary/aromatic N) is 1. The van der Waals surface area contributed by atoms with E-state index in [4.69, 9.17) is 4.74 Å². The molecule has 0 aliphatic rings. The van der Waals surface area contributed by atoms with Crippen LogP contribution in [0.25, 0.3) is 0 Å². The number of aromatic nitrogens is 1. The van der Waals surface area contributed by atoms with Crippen LogP contribution in [0.4, 0.5) is 13.2 Å². The van der Waals surface area contributed by atoms with Crippen LogP contribution in [0.3, 0.4) is 0 Å². The van der Waals surface area contributed by atoms with E-state index in [-0.39, 0.29) is 12.3 Å². The molecule has 0 saturated carbocycles. The molecule has 0 unspecified atom stereocenters. The summed E-state index contributed by atoms with van der Waals surface area (Å²) in [7, 11) is 0. The average Bonchev–Trinajstić information content (AvgIpc) is 2.46. The Morgan fingerprint density at radius 2 is 1.91 bits per heavy atom. The standard InChI is InChI=1S/C17H20F3NO2/c1-12(2)6-4-7-13(3)10-11-23-16(22)14-8-5-9-15(21-14)17(18,19)20/h5-6,8-10H,4,7,11H2,1-3H3/b13-10+. The van der Waals surface area contributed by atoms with Crippen molar-refractivity contribution in [1.82, 2.24) is 4.98 Å². The predicted octanol–water partition coefficient (Wildman–Crippen LogP) is 4.95. The van der Waals surface area contributed by atoms with E-state index in [0.717, 1.165) is 30.5 Å². The maximum absolute atomic E-state index is 12.5. The van der Waals surface area contributed by atoms with Gasteiger partial charge in [-0.15, -0.1) is 0 Å². The summed E-state index contributed by atoms with van der Waals surface area (Å²) in [5.41, 5.74) is 0.822. The lowest BCUT2D eigenvalue weighted by Gasteiger charge is -2.07. The third-order valence-corrected chi connectivity index (χ3v) is 2.99. The van der Waals surface area contributed by atoms with Crippen LogP contribution in [0.5, 0.6) is 0 Å². The van der Waals surface area contributed by atoms with E-state index >= 15 is 0 Å². The highest BCUT2D eigenvalue weighted by Crippen LogP contribution is 2.27. The summed E-state index contributed by atoms with van der Waals surface area (Å²) in [6, 6.07) is 3.14. The van der Waals surface area contributed by atoms with Crippen LogP contribution in [0.1, 0.15) is 49.8 Å². The molecule has 126 valence electrons. The highest BCUT2D eigenvalue weighted by Gasteiger charge is 2.33. The molecule has 0 fully saturated rings. The summed E-state index contributed by atoms with van der Waals surface area (Å²) < 4.78 is 42.5. The van der Waals surface area contributed by atoms with Crippen molar-refractivity contribution in [2.45, 2.75) is 39.8 Å². The second kappa shape index (κ2) is 8.50. The number of allylic oxidation sites excluding steroid dienone is 3. The van der Waals surface area contributed by atoms with Crippen molar-refractivity contribution in [3.8, 4) is 0 Å². The van der Waals surface area contributed by atoms with Crippen molar-refractivity contribution >= 4 is 5.97 Å². The highest BCUT2D eigenvalue weighted by atomic mass is 19.4. The maximum atomic E-state index is 12.5. The van der Waals surface area contributed by atoms with E-state index in [1.165, 1.54) is 11.6 Å². The van der Waals surface area contributed by atoms with E-state index in [1.807, 2.05) is 20.8 Å². The number of halogens is 3. The first-order valence-electron chi connectivity index (χ1n) is 7.20. The largest absolute Gasteiger partial charge is 0.457 e. The van der Waals surface area contributed by atoms with Crippen LogP contribution in [0, 0.1) is 0 Å². The average molecular weight is 327 g/mol. The fourth-order valence-electron chi connectivity index (χ4n) is 1.73. The predicted molar refractivity (Wildman–Crippen MR) is 81.9 cm³/mol. The molecular weight excluding hydrogens is 307 g/mol. The van der Waals surface area contributed by atoms with E-state index < -0.39 is 17.8 Å². The molecule has 0 atom stereocenters. The van der Waals surface area contributed by atoms with Crippen LogP contribution in [0.2, 0.25) is 0 Å². The number of carbonyl (C=O) groups excluding carboxylic acids is 1. The molecule has 3 nitrogen and oxygen atoms in total. The van der Waals surface area contributed by atoms with Crippen LogP contribution >= 0.6 is 0 Å². The van der Waals surface area contributed by atoms with Crippen LogP contribution in [0.15, 0.2) is 41.5 Å². The Hall–Kier alpha value is -2.11. The fraction of sp³-hybridized carbons (Fsp3) is 0.412. The van der Waals surface area contributed by atoms with Gasteiger partial charge in [-0.05, 0) is 51.8 Å². The van der Waals surface area contributed by atoms with E-state index in [1.54, 1.807) is 6.08 Å². The molecule has 0 aliphatic heterocycles. The zero-order valence-corrected chi connectivity index (χ0v) is 13.4. The number of pyridine rings is 1. The van der Waals surface area contributed by atoms with Gasteiger partial charge in [-0.1, -0.05) is 23.3 Å². The lowest BCUT2D eigenvalue weighted by Crippen LogP contribution is -2.13. The third kappa shape index (κ3) is 7.13. The number of hydrogen-bond donors (Lipinski definition) is 0. The molecule has 0 N–H and O–H groups in total. The number of ether oxygens (including phenoxy) is 1. The quantitative estimate of drug-likeness (QED) is 0.548. The smallest absolute Gasteiger partial charge is 0.433 e. The van der Waals surface area contributed by atoms with Crippen molar-refractivity contribution in [2.75, 3.05) is 6.61 Å². The molecule has 23 heavy (non-hydrogen) atoms.